The summed E-state index contributed by atoms with van der Waals surface area (Å²) in [6.07, 6.45) is 2.54. The summed E-state index contributed by atoms with van der Waals surface area (Å²) in [6.45, 7) is 1.32. The molecule has 0 saturated heterocycles. The van der Waals surface area contributed by atoms with Gasteiger partial charge in [0.1, 0.15) is 12.4 Å². The molecule has 1 N–H and O–H groups in total. The minimum absolute atomic E-state index is 0.0493. The van der Waals surface area contributed by atoms with Crippen LogP contribution in [0.25, 0.3) is 0 Å². The van der Waals surface area contributed by atoms with E-state index in [0.717, 1.165) is 22.9 Å². The second kappa shape index (κ2) is 8.91. The molecule has 0 aromatic heterocycles. The first-order chi connectivity index (χ1) is 13.4. The molecule has 0 aliphatic heterocycles. The van der Waals surface area contributed by atoms with Crippen LogP contribution in [0, 0.1) is 5.82 Å². The standard InChI is InChI=1S/C19H23FN2O5S2/c1-4-18(14-8-10-17(11-9-14)28(2,24)25)21-19(23)13-22(29(3,26)27)16-7-5-6-15(20)12-16/h5-12,18H,4,13H2,1-3H3,(H,21,23). The number of carbonyl (C=O) groups excluding carboxylic acids is 1. The highest BCUT2D eigenvalue weighted by Gasteiger charge is 2.23. The first-order valence-electron chi connectivity index (χ1n) is 8.74. The number of amides is 1. The fourth-order valence-corrected chi connectivity index (χ4v) is 4.25. The molecular formula is C19H23FN2O5S2. The van der Waals surface area contributed by atoms with E-state index in [9.17, 15) is 26.0 Å². The van der Waals surface area contributed by atoms with Crippen LogP contribution in [0.15, 0.2) is 53.4 Å². The molecule has 29 heavy (non-hydrogen) atoms. The van der Waals surface area contributed by atoms with E-state index in [2.05, 4.69) is 5.32 Å². The number of benzene rings is 2. The Bertz CT molecular complexity index is 1080. The van der Waals surface area contributed by atoms with Crippen LogP contribution in [0.3, 0.4) is 0 Å². The van der Waals surface area contributed by atoms with Crippen LogP contribution in [0.2, 0.25) is 0 Å². The molecule has 10 heteroatoms. The van der Waals surface area contributed by atoms with Crippen molar-refractivity contribution in [1.29, 1.82) is 0 Å². The summed E-state index contributed by atoms with van der Waals surface area (Å²) in [5.41, 5.74) is 0.734. The van der Waals surface area contributed by atoms with E-state index < -0.39 is 44.2 Å². The molecule has 0 aliphatic carbocycles. The molecule has 0 saturated carbocycles. The molecule has 0 radical (unpaired) electrons. The predicted octanol–water partition coefficient (Wildman–Crippen LogP) is 2.26. The van der Waals surface area contributed by atoms with Gasteiger partial charge in [0, 0.05) is 6.26 Å². The summed E-state index contributed by atoms with van der Waals surface area (Å²) in [5.74, 6) is -1.19. The zero-order valence-electron chi connectivity index (χ0n) is 16.3. The first-order valence-corrected chi connectivity index (χ1v) is 12.5. The van der Waals surface area contributed by atoms with Crippen LogP contribution >= 0.6 is 0 Å². The fourth-order valence-electron chi connectivity index (χ4n) is 2.77. The summed E-state index contributed by atoms with van der Waals surface area (Å²) in [4.78, 5) is 12.7. The molecule has 1 unspecified atom stereocenters. The molecule has 0 aliphatic rings. The summed E-state index contributed by atoms with van der Waals surface area (Å²) in [5, 5.41) is 2.74. The average molecular weight is 443 g/mol. The van der Waals surface area contributed by atoms with Gasteiger partial charge in [0.25, 0.3) is 0 Å². The molecule has 1 amide bonds. The Morgan fingerprint density at radius 1 is 1.07 bits per heavy atom. The number of nitrogens with zero attached hydrogens (tertiary/aromatic N) is 1. The quantitative estimate of drug-likeness (QED) is 0.676. The van der Waals surface area contributed by atoms with E-state index in [4.69, 9.17) is 0 Å². The van der Waals surface area contributed by atoms with Gasteiger partial charge in [0.15, 0.2) is 9.84 Å². The van der Waals surface area contributed by atoms with Gasteiger partial charge in [0.2, 0.25) is 15.9 Å². The summed E-state index contributed by atoms with van der Waals surface area (Å²) >= 11 is 0. The summed E-state index contributed by atoms with van der Waals surface area (Å²) in [7, 11) is -7.15. The van der Waals surface area contributed by atoms with Crippen LogP contribution in [-0.2, 0) is 24.7 Å². The molecule has 158 valence electrons. The molecule has 0 spiro atoms. The zero-order chi connectivity index (χ0) is 21.8. The van der Waals surface area contributed by atoms with E-state index in [0.29, 0.717) is 12.0 Å². The fraction of sp³-hybridized carbons (Fsp3) is 0.316. The largest absolute Gasteiger partial charge is 0.348 e. The Labute approximate surface area is 170 Å². The third-order valence-electron chi connectivity index (χ3n) is 4.24. The Balaban J connectivity index is 2.19. The van der Waals surface area contributed by atoms with Crippen molar-refractivity contribution in [1.82, 2.24) is 5.32 Å². The predicted molar refractivity (Wildman–Crippen MR) is 109 cm³/mol. The van der Waals surface area contributed by atoms with Crippen molar-refractivity contribution in [2.75, 3.05) is 23.4 Å². The molecule has 0 fully saturated rings. The van der Waals surface area contributed by atoms with E-state index in [-0.39, 0.29) is 10.6 Å². The van der Waals surface area contributed by atoms with Crippen LogP contribution in [0.5, 0.6) is 0 Å². The number of sulfonamides is 1. The van der Waals surface area contributed by atoms with Gasteiger partial charge in [-0.1, -0.05) is 25.1 Å². The van der Waals surface area contributed by atoms with Crippen LogP contribution in [0.1, 0.15) is 24.9 Å². The highest BCUT2D eigenvalue weighted by molar-refractivity contribution is 7.92. The van der Waals surface area contributed by atoms with Gasteiger partial charge >= 0.3 is 0 Å². The number of sulfone groups is 1. The van der Waals surface area contributed by atoms with Gasteiger partial charge in [-0.25, -0.2) is 21.2 Å². The molecule has 1 atom stereocenters. The van der Waals surface area contributed by atoms with Crippen molar-refractivity contribution in [3.05, 3.63) is 59.9 Å². The van der Waals surface area contributed by atoms with Gasteiger partial charge in [-0.15, -0.1) is 0 Å². The van der Waals surface area contributed by atoms with Crippen LogP contribution in [-0.4, -0.2) is 41.8 Å². The average Bonchev–Trinajstić information content (AvgIpc) is 2.62. The third-order valence-corrected chi connectivity index (χ3v) is 6.51. The van der Waals surface area contributed by atoms with Crippen LogP contribution < -0.4 is 9.62 Å². The third kappa shape index (κ3) is 6.26. The lowest BCUT2D eigenvalue weighted by molar-refractivity contribution is -0.120. The zero-order valence-corrected chi connectivity index (χ0v) is 17.9. The maximum Gasteiger partial charge on any atom is 0.241 e. The minimum atomic E-state index is -3.82. The highest BCUT2D eigenvalue weighted by Crippen LogP contribution is 2.21. The lowest BCUT2D eigenvalue weighted by Gasteiger charge is -2.24. The maximum atomic E-state index is 13.5. The second-order valence-electron chi connectivity index (χ2n) is 6.62. The summed E-state index contributed by atoms with van der Waals surface area (Å²) < 4.78 is 61.7. The monoisotopic (exact) mass is 442 g/mol. The molecule has 2 aromatic rings. The maximum absolute atomic E-state index is 13.5. The van der Waals surface area contributed by atoms with Crippen molar-refractivity contribution < 1.29 is 26.0 Å². The molecular weight excluding hydrogens is 419 g/mol. The first kappa shape index (κ1) is 22.8. The number of hydrogen-bond donors (Lipinski definition) is 1. The van der Waals surface area contributed by atoms with Gasteiger partial charge < -0.3 is 5.32 Å². The molecule has 2 aromatic carbocycles. The number of halogens is 1. The number of carbonyl (C=O) groups is 1. The normalized spacial score (nSPS) is 13.0. The topological polar surface area (TPSA) is 101 Å². The number of nitrogens with one attached hydrogen (secondary N) is 1. The lowest BCUT2D eigenvalue weighted by Crippen LogP contribution is -2.41. The van der Waals surface area contributed by atoms with Gasteiger partial charge in [-0.3, -0.25) is 9.10 Å². The Hall–Kier alpha value is -2.46. The molecule has 0 heterocycles. The van der Waals surface area contributed by atoms with Crippen LogP contribution in [0.4, 0.5) is 10.1 Å². The lowest BCUT2D eigenvalue weighted by atomic mass is 10.0. The number of anilines is 1. The Kier molecular flexibility index (Phi) is 7.02. The molecule has 7 nitrogen and oxygen atoms in total. The molecule has 2 rings (SSSR count). The van der Waals surface area contributed by atoms with E-state index >= 15 is 0 Å². The van der Waals surface area contributed by atoms with E-state index in [1.807, 2.05) is 6.92 Å². The van der Waals surface area contributed by atoms with Gasteiger partial charge in [0.05, 0.1) is 22.9 Å². The van der Waals surface area contributed by atoms with E-state index in [1.165, 1.54) is 30.3 Å². The Morgan fingerprint density at radius 3 is 2.17 bits per heavy atom. The van der Waals surface area contributed by atoms with Crippen molar-refractivity contribution in [2.24, 2.45) is 0 Å². The number of rotatable bonds is 8. The van der Waals surface area contributed by atoms with E-state index in [1.54, 1.807) is 12.1 Å². The van der Waals surface area contributed by atoms with Crippen molar-refractivity contribution in [2.45, 2.75) is 24.3 Å². The van der Waals surface area contributed by atoms with Crippen molar-refractivity contribution in [3.63, 3.8) is 0 Å². The minimum Gasteiger partial charge on any atom is -0.348 e. The molecule has 0 bridgehead atoms. The second-order valence-corrected chi connectivity index (χ2v) is 10.5. The smallest absolute Gasteiger partial charge is 0.241 e. The summed E-state index contributed by atoms with van der Waals surface area (Å²) in [6, 6.07) is 10.6. The van der Waals surface area contributed by atoms with Crippen molar-refractivity contribution in [3.8, 4) is 0 Å². The number of hydrogen-bond acceptors (Lipinski definition) is 5. The highest BCUT2D eigenvalue weighted by atomic mass is 32.2. The Morgan fingerprint density at radius 2 is 1.69 bits per heavy atom. The van der Waals surface area contributed by atoms with Gasteiger partial charge in [-0.2, -0.15) is 0 Å². The van der Waals surface area contributed by atoms with Crippen molar-refractivity contribution >= 4 is 31.5 Å². The SMILES string of the molecule is CCC(NC(=O)CN(c1cccc(F)c1)S(C)(=O)=O)c1ccc(S(C)(=O)=O)cc1. The van der Waals surface area contributed by atoms with Gasteiger partial charge in [-0.05, 0) is 42.3 Å².